The minimum Gasteiger partial charge on any atom is -0.339 e. The number of halogens is 1. The molecule has 1 aromatic carbocycles. The summed E-state index contributed by atoms with van der Waals surface area (Å²) in [5.41, 5.74) is 0.616. The summed E-state index contributed by atoms with van der Waals surface area (Å²) in [6.07, 6.45) is 2.55. The van der Waals surface area contributed by atoms with Crippen molar-refractivity contribution in [1.29, 1.82) is 5.26 Å². The quantitative estimate of drug-likeness (QED) is 0.865. The summed E-state index contributed by atoms with van der Waals surface area (Å²) in [5.74, 6) is 0.863. The second-order valence-electron chi connectivity index (χ2n) is 6.01. The molecule has 0 N–H and O–H groups in total. The third-order valence-electron chi connectivity index (χ3n) is 4.34. The van der Waals surface area contributed by atoms with E-state index in [0.29, 0.717) is 23.7 Å². The van der Waals surface area contributed by atoms with Gasteiger partial charge in [0.2, 0.25) is 11.7 Å². The maximum atomic E-state index is 13.3. The molecule has 0 radical (unpaired) electrons. The molecular weight excluding hydrogens is 295 g/mol. The molecule has 6 heteroatoms. The first-order chi connectivity index (χ1) is 11.2. The van der Waals surface area contributed by atoms with E-state index >= 15 is 0 Å². The highest BCUT2D eigenvalue weighted by molar-refractivity contribution is 5.53. The Balaban J connectivity index is 1.74. The van der Waals surface area contributed by atoms with Crippen LogP contribution in [0.25, 0.3) is 11.4 Å². The molecule has 23 heavy (non-hydrogen) atoms. The van der Waals surface area contributed by atoms with Crippen molar-refractivity contribution in [1.82, 2.24) is 15.0 Å². The van der Waals surface area contributed by atoms with E-state index in [9.17, 15) is 4.39 Å². The van der Waals surface area contributed by atoms with Gasteiger partial charge < -0.3 is 4.52 Å². The van der Waals surface area contributed by atoms with Crippen molar-refractivity contribution in [2.24, 2.45) is 0 Å². The Labute approximate surface area is 134 Å². The van der Waals surface area contributed by atoms with Gasteiger partial charge in [-0.05, 0) is 38.4 Å². The van der Waals surface area contributed by atoms with Crippen molar-refractivity contribution in [2.45, 2.75) is 38.1 Å². The van der Waals surface area contributed by atoms with Crippen LogP contribution in [0.3, 0.4) is 0 Å². The van der Waals surface area contributed by atoms with Gasteiger partial charge in [0, 0.05) is 18.2 Å². The van der Waals surface area contributed by atoms with Crippen LogP contribution in [0.15, 0.2) is 28.8 Å². The highest BCUT2D eigenvalue weighted by Gasteiger charge is 2.28. The molecular formula is C17H19FN4O. The Kier molecular flexibility index (Phi) is 4.68. The molecule has 0 spiro atoms. The summed E-state index contributed by atoms with van der Waals surface area (Å²) >= 11 is 0. The van der Waals surface area contributed by atoms with Gasteiger partial charge in [-0.2, -0.15) is 10.2 Å². The van der Waals surface area contributed by atoms with Gasteiger partial charge in [0.1, 0.15) is 5.82 Å². The fourth-order valence-corrected chi connectivity index (χ4v) is 3.02. The normalized spacial score (nSPS) is 20.1. The minimum absolute atomic E-state index is 0.166. The average Bonchev–Trinajstić information content (AvgIpc) is 3.05. The second-order valence-corrected chi connectivity index (χ2v) is 6.01. The lowest BCUT2D eigenvalue weighted by Crippen LogP contribution is -2.40. The van der Waals surface area contributed by atoms with Gasteiger partial charge in [0.25, 0.3) is 0 Å². The molecule has 0 bridgehead atoms. The van der Waals surface area contributed by atoms with Gasteiger partial charge >= 0.3 is 0 Å². The number of hydrogen-bond donors (Lipinski definition) is 0. The third-order valence-corrected chi connectivity index (χ3v) is 4.34. The van der Waals surface area contributed by atoms with Gasteiger partial charge in [-0.1, -0.05) is 17.3 Å². The number of nitrogens with zero attached hydrogens (tertiary/aromatic N) is 4. The summed E-state index contributed by atoms with van der Waals surface area (Å²) in [5, 5.41) is 12.8. The molecule has 2 aromatic rings. The molecule has 0 aliphatic carbocycles. The molecule has 1 saturated heterocycles. The lowest BCUT2D eigenvalue weighted by molar-refractivity contribution is 0.146. The van der Waals surface area contributed by atoms with Gasteiger partial charge in [-0.25, -0.2) is 4.39 Å². The van der Waals surface area contributed by atoms with Crippen LogP contribution in [0, 0.1) is 17.1 Å². The number of piperidine rings is 1. The SMILES string of the molecule is C[C@H](CC#N)N1CCC[C@@H](c2nc(-c3cccc(F)c3)no2)C1. The molecule has 1 aliphatic rings. The van der Waals surface area contributed by atoms with Crippen LogP contribution >= 0.6 is 0 Å². The summed E-state index contributed by atoms with van der Waals surface area (Å²) in [4.78, 5) is 6.74. The fourth-order valence-electron chi connectivity index (χ4n) is 3.02. The smallest absolute Gasteiger partial charge is 0.231 e. The van der Waals surface area contributed by atoms with E-state index in [1.165, 1.54) is 12.1 Å². The molecule has 2 heterocycles. The highest BCUT2D eigenvalue weighted by atomic mass is 19.1. The topological polar surface area (TPSA) is 66.0 Å². The highest BCUT2D eigenvalue weighted by Crippen LogP contribution is 2.29. The Hall–Kier alpha value is -2.26. The predicted octanol–water partition coefficient (Wildman–Crippen LogP) is 3.36. The molecule has 0 amide bonds. The minimum atomic E-state index is -0.317. The molecule has 0 saturated carbocycles. The van der Waals surface area contributed by atoms with Gasteiger partial charge in [0.15, 0.2) is 0 Å². The van der Waals surface area contributed by atoms with Gasteiger partial charge in [0.05, 0.1) is 18.4 Å². The van der Waals surface area contributed by atoms with Crippen molar-refractivity contribution in [3.8, 4) is 17.5 Å². The maximum absolute atomic E-state index is 13.3. The zero-order valence-corrected chi connectivity index (χ0v) is 13.1. The van der Waals surface area contributed by atoms with Crippen LogP contribution in [0.4, 0.5) is 4.39 Å². The monoisotopic (exact) mass is 314 g/mol. The molecule has 3 rings (SSSR count). The lowest BCUT2D eigenvalue weighted by atomic mass is 9.96. The van der Waals surface area contributed by atoms with E-state index in [4.69, 9.17) is 9.78 Å². The Morgan fingerprint density at radius 1 is 1.52 bits per heavy atom. The number of rotatable bonds is 4. The summed E-state index contributed by atoms with van der Waals surface area (Å²) in [6.45, 7) is 3.87. The van der Waals surface area contributed by atoms with Crippen molar-refractivity contribution in [2.75, 3.05) is 13.1 Å². The first-order valence-electron chi connectivity index (χ1n) is 7.88. The van der Waals surface area contributed by atoms with E-state index in [1.807, 2.05) is 0 Å². The second kappa shape index (κ2) is 6.88. The van der Waals surface area contributed by atoms with Crippen molar-refractivity contribution in [3.05, 3.63) is 36.0 Å². The standard InChI is InChI=1S/C17H19FN4O/c1-12(7-8-19)22-9-3-5-14(11-22)17-20-16(21-23-17)13-4-2-6-15(18)10-13/h2,4,6,10,12,14H,3,5,7,9,11H2,1H3/t12-,14-/m1/s1. The number of aromatic nitrogens is 2. The molecule has 5 nitrogen and oxygen atoms in total. The third kappa shape index (κ3) is 3.57. The van der Waals surface area contributed by atoms with E-state index in [1.54, 1.807) is 12.1 Å². The Morgan fingerprint density at radius 3 is 3.17 bits per heavy atom. The summed E-state index contributed by atoms with van der Waals surface area (Å²) in [7, 11) is 0. The van der Waals surface area contributed by atoms with Gasteiger partial charge in [-0.15, -0.1) is 0 Å². The molecule has 1 fully saturated rings. The van der Waals surface area contributed by atoms with Crippen LogP contribution in [0.1, 0.15) is 38.0 Å². The Morgan fingerprint density at radius 2 is 2.39 bits per heavy atom. The summed E-state index contributed by atoms with van der Waals surface area (Å²) < 4.78 is 18.7. The first kappa shape index (κ1) is 15.6. The van der Waals surface area contributed by atoms with Crippen LogP contribution in [0.2, 0.25) is 0 Å². The van der Waals surface area contributed by atoms with E-state index in [0.717, 1.165) is 25.9 Å². The zero-order chi connectivity index (χ0) is 16.2. The number of hydrogen-bond acceptors (Lipinski definition) is 5. The van der Waals surface area contributed by atoms with E-state index < -0.39 is 0 Å². The van der Waals surface area contributed by atoms with E-state index in [2.05, 4.69) is 28.0 Å². The molecule has 0 unspecified atom stereocenters. The molecule has 120 valence electrons. The number of likely N-dealkylation sites (tertiary alicyclic amines) is 1. The molecule has 2 atom stereocenters. The molecule has 1 aliphatic heterocycles. The van der Waals surface area contributed by atoms with E-state index in [-0.39, 0.29) is 17.8 Å². The van der Waals surface area contributed by atoms with Crippen molar-refractivity contribution < 1.29 is 8.91 Å². The molecule has 1 aromatic heterocycles. The zero-order valence-electron chi connectivity index (χ0n) is 13.1. The first-order valence-corrected chi connectivity index (χ1v) is 7.88. The fraction of sp³-hybridized carbons (Fsp3) is 0.471. The Bertz CT molecular complexity index is 709. The van der Waals surface area contributed by atoms with Gasteiger partial charge in [-0.3, -0.25) is 4.90 Å². The number of benzene rings is 1. The number of nitriles is 1. The lowest BCUT2D eigenvalue weighted by Gasteiger charge is -2.34. The van der Waals surface area contributed by atoms with Crippen LogP contribution in [0.5, 0.6) is 0 Å². The van der Waals surface area contributed by atoms with Crippen molar-refractivity contribution in [3.63, 3.8) is 0 Å². The van der Waals surface area contributed by atoms with Crippen LogP contribution in [-0.2, 0) is 0 Å². The maximum Gasteiger partial charge on any atom is 0.231 e. The van der Waals surface area contributed by atoms with Crippen molar-refractivity contribution >= 4 is 0 Å². The largest absolute Gasteiger partial charge is 0.339 e. The van der Waals surface area contributed by atoms with Crippen LogP contribution < -0.4 is 0 Å². The van der Waals surface area contributed by atoms with Crippen LogP contribution in [-0.4, -0.2) is 34.2 Å². The average molecular weight is 314 g/mol. The predicted molar refractivity (Wildman–Crippen MR) is 82.9 cm³/mol. The summed E-state index contributed by atoms with van der Waals surface area (Å²) in [6, 6.07) is 8.64.